The van der Waals surface area contributed by atoms with E-state index in [9.17, 15) is 10.1 Å². The molecule has 1 aliphatic heterocycles. The third-order valence-electron chi connectivity index (χ3n) is 4.63. The maximum Gasteiger partial charge on any atom is 0.410 e. The summed E-state index contributed by atoms with van der Waals surface area (Å²) >= 11 is 0. The molecule has 1 aliphatic rings. The number of carbonyl (C=O) groups is 1. The molecule has 2 aromatic rings. The van der Waals surface area contributed by atoms with Gasteiger partial charge >= 0.3 is 6.09 Å². The van der Waals surface area contributed by atoms with Crippen LogP contribution < -0.4 is 10.2 Å². The molecule has 0 unspecified atom stereocenters. The van der Waals surface area contributed by atoms with Gasteiger partial charge in [-0.1, -0.05) is 0 Å². The van der Waals surface area contributed by atoms with Gasteiger partial charge in [0, 0.05) is 37.6 Å². The lowest BCUT2D eigenvalue weighted by atomic mass is 10.1. The number of hydrogen-bond acceptors (Lipinski definition) is 7. The number of amides is 1. The van der Waals surface area contributed by atoms with E-state index in [1.54, 1.807) is 17.0 Å². The smallest absolute Gasteiger partial charge is 0.410 e. The number of nitrogens with zero attached hydrogens (tertiary/aromatic N) is 5. The number of hydrogen-bond donors (Lipinski definition) is 1. The first-order valence-electron chi connectivity index (χ1n) is 10.0. The van der Waals surface area contributed by atoms with Gasteiger partial charge in [0.25, 0.3) is 0 Å². The molecule has 0 spiro atoms. The van der Waals surface area contributed by atoms with Crippen molar-refractivity contribution in [3.63, 3.8) is 0 Å². The molecule has 0 atom stereocenters. The first-order chi connectivity index (χ1) is 14.1. The van der Waals surface area contributed by atoms with Crippen molar-refractivity contribution in [2.75, 3.05) is 36.4 Å². The molecule has 1 saturated heterocycles. The van der Waals surface area contributed by atoms with Gasteiger partial charge in [0.2, 0.25) is 5.95 Å². The Morgan fingerprint density at radius 2 is 1.73 bits per heavy atom. The van der Waals surface area contributed by atoms with Crippen LogP contribution in [0.5, 0.6) is 0 Å². The molecule has 30 heavy (non-hydrogen) atoms. The fourth-order valence-electron chi connectivity index (χ4n) is 3.34. The maximum absolute atomic E-state index is 12.3. The Hall–Kier alpha value is -3.34. The Morgan fingerprint density at radius 3 is 2.30 bits per heavy atom. The molecule has 0 radical (unpaired) electrons. The molecule has 1 N–H and O–H groups in total. The molecule has 2 heterocycles. The lowest BCUT2D eigenvalue weighted by molar-refractivity contribution is 0.0240. The van der Waals surface area contributed by atoms with E-state index in [4.69, 9.17) is 4.74 Å². The second-order valence-electron chi connectivity index (χ2n) is 8.40. The molecule has 8 heteroatoms. The van der Waals surface area contributed by atoms with Gasteiger partial charge in [-0.15, -0.1) is 0 Å². The molecule has 0 saturated carbocycles. The SMILES string of the molecule is Cc1cc(C)nc(Nc2cc(C#N)ccc2N2CCN(C(=O)OC(C)(C)C)CC2)n1. The van der Waals surface area contributed by atoms with E-state index in [0.29, 0.717) is 37.7 Å². The van der Waals surface area contributed by atoms with Crippen molar-refractivity contribution in [2.24, 2.45) is 0 Å². The summed E-state index contributed by atoms with van der Waals surface area (Å²) < 4.78 is 5.48. The van der Waals surface area contributed by atoms with Crippen LogP contribution in [0.2, 0.25) is 0 Å². The van der Waals surface area contributed by atoms with Gasteiger partial charge in [-0.05, 0) is 58.9 Å². The number of rotatable bonds is 3. The van der Waals surface area contributed by atoms with Gasteiger partial charge in [-0.3, -0.25) is 0 Å². The van der Waals surface area contributed by atoms with E-state index in [0.717, 1.165) is 22.8 Å². The predicted octanol–water partition coefficient (Wildman–Crippen LogP) is 3.77. The van der Waals surface area contributed by atoms with Crippen molar-refractivity contribution in [3.05, 3.63) is 41.2 Å². The first kappa shape index (κ1) is 21.4. The molecule has 8 nitrogen and oxygen atoms in total. The minimum atomic E-state index is -0.510. The monoisotopic (exact) mass is 408 g/mol. The zero-order valence-corrected chi connectivity index (χ0v) is 18.2. The van der Waals surface area contributed by atoms with Crippen LogP contribution in [0.25, 0.3) is 0 Å². The zero-order chi connectivity index (χ0) is 21.9. The molecule has 3 rings (SSSR count). The number of carbonyl (C=O) groups excluding carboxylic acids is 1. The highest BCUT2D eigenvalue weighted by Gasteiger charge is 2.27. The van der Waals surface area contributed by atoms with E-state index < -0.39 is 5.60 Å². The number of nitrogens with one attached hydrogen (secondary N) is 1. The van der Waals surface area contributed by atoms with Gasteiger partial charge in [0.05, 0.1) is 23.0 Å². The molecule has 1 fully saturated rings. The average Bonchev–Trinajstić information content (AvgIpc) is 2.66. The van der Waals surface area contributed by atoms with E-state index >= 15 is 0 Å². The molecule has 0 aliphatic carbocycles. The number of nitriles is 1. The van der Waals surface area contributed by atoms with Gasteiger partial charge in [0.15, 0.2) is 0 Å². The largest absolute Gasteiger partial charge is 0.444 e. The molecular weight excluding hydrogens is 380 g/mol. The lowest BCUT2D eigenvalue weighted by Gasteiger charge is -2.37. The summed E-state index contributed by atoms with van der Waals surface area (Å²) in [7, 11) is 0. The Morgan fingerprint density at radius 1 is 1.10 bits per heavy atom. The van der Waals surface area contributed by atoms with Crippen LogP contribution in [0.4, 0.5) is 22.1 Å². The first-order valence-corrected chi connectivity index (χ1v) is 10.0. The van der Waals surface area contributed by atoms with Crippen LogP contribution in [0, 0.1) is 25.2 Å². The van der Waals surface area contributed by atoms with Gasteiger partial charge < -0.3 is 19.9 Å². The number of ether oxygens (including phenoxy) is 1. The van der Waals surface area contributed by atoms with Crippen molar-refractivity contribution in [3.8, 4) is 6.07 Å². The highest BCUT2D eigenvalue weighted by atomic mass is 16.6. The Kier molecular flexibility index (Phi) is 6.11. The van der Waals surface area contributed by atoms with Gasteiger partial charge in [0.1, 0.15) is 5.60 Å². The summed E-state index contributed by atoms with van der Waals surface area (Å²) in [4.78, 5) is 25.1. The molecular formula is C22H28N6O2. The maximum atomic E-state index is 12.3. The van der Waals surface area contributed by atoms with Crippen molar-refractivity contribution >= 4 is 23.4 Å². The number of aryl methyl sites for hydroxylation is 2. The van der Waals surface area contributed by atoms with Crippen molar-refractivity contribution in [1.29, 1.82) is 5.26 Å². The average molecular weight is 409 g/mol. The Balaban J connectivity index is 1.78. The predicted molar refractivity (Wildman–Crippen MR) is 116 cm³/mol. The number of benzene rings is 1. The minimum Gasteiger partial charge on any atom is -0.444 e. The summed E-state index contributed by atoms with van der Waals surface area (Å²) in [6, 6.07) is 9.61. The van der Waals surface area contributed by atoms with Crippen molar-refractivity contribution < 1.29 is 9.53 Å². The Labute approximate surface area is 177 Å². The molecule has 1 amide bonds. The standard InChI is InChI=1S/C22H28N6O2/c1-15-12-16(2)25-20(24-15)26-18-13-17(14-23)6-7-19(18)27-8-10-28(11-9-27)21(29)30-22(3,4)5/h6-7,12-13H,8-11H2,1-5H3,(H,24,25,26). The molecule has 0 bridgehead atoms. The lowest BCUT2D eigenvalue weighted by Crippen LogP contribution is -2.50. The molecule has 1 aromatic carbocycles. The van der Waals surface area contributed by atoms with Crippen LogP contribution in [-0.2, 0) is 4.74 Å². The summed E-state index contributed by atoms with van der Waals surface area (Å²) in [5, 5.41) is 12.6. The normalized spacial score (nSPS) is 14.3. The summed E-state index contributed by atoms with van der Waals surface area (Å²) in [6.45, 7) is 11.9. The highest BCUT2D eigenvalue weighted by Crippen LogP contribution is 2.30. The third-order valence-corrected chi connectivity index (χ3v) is 4.63. The second kappa shape index (κ2) is 8.57. The third kappa shape index (κ3) is 5.38. The van der Waals surface area contributed by atoms with Crippen LogP contribution in [0.15, 0.2) is 24.3 Å². The summed E-state index contributed by atoms with van der Waals surface area (Å²) in [5.41, 5.74) is 3.50. The van der Waals surface area contributed by atoms with E-state index in [-0.39, 0.29) is 6.09 Å². The van der Waals surface area contributed by atoms with Crippen LogP contribution in [0.3, 0.4) is 0 Å². The summed E-state index contributed by atoms with van der Waals surface area (Å²) in [6.07, 6.45) is -0.288. The number of anilines is 3. The van der Waals surface area contributed by atoms with Crippen LogP contribution in [-0.4, -0.2) is 52.7 Å². The zero-order valence-electron chi connectivity index (χ0n) is 18.2. The van der Waals surface area contributed by atoms with Crippen molar-refractivity contribution in [1.82, 2.24) is 14.9 Å². The van der Waals surface area contributed by atoms with Gasteiger partial charge in [-0.2, -0.15) is 5.26 Å². The Bertz CT molecular complexity index is 948. The quantitative estimate of drug-likeness (QED) is 0.826. The van der Waals surface area contributed by atoms with E-state index in [2.05, 4.69) is 26.3 Å². The number of piperazine rings is 1. The topological polar surface area (TPSA) is 94.4 Å². The number of aromatic nitrogens is 2. The second-order valence-corrected chi connectivity index (χ2v) is 8.40. The van der Waals surface area contributed by atoms with E-state index in [1.165, 1.54) is 0 Å². The minimum absolute atomic E-state index is 0.288. The van der Waals surface area contributed by atoms with Crippen LogP contribution >= 0.6 is 0 Å². The van der Waals surface area contributed by atoms with Crippen LogP contribution in [0.1, 0.15) is 37.7 Å². The molecule has 158 valence electrons. The van der Waals surface area contributed by atoms with E-state index in [1.807, 2.05) is 46.8 Å². The van der Waals surface area contributed by atoms with Crippen molar-refractivity contribution in [2.45, 2.75) is 40.2 Å². The molecule has 1 aromatic heterocycles. The van der Waals surface area contributed by atoms with Gasteiger partial charge in [-0.25, -0.2) is 14.8 Å². The highest BCUT2D eigenvalue weighted by molar-refractivity contribution is 5.76. The fraction of sp³-hybridized carbons (Fsp3) is 0.455. The fourth-order valence-corrected chi connectivity index (χ4v) is 3.34. The summed E-state index contributed by atoms with van der Waals surface area (Å²) in [5.74, 6) is 0.497.